The van der Waals surface area contributed by atoms with Crippen LogP contribution >= 0.6 is 0 Å². The quantitative estimate of drug-likeness (QED) is 0.585. The predicted octanol–water partition coefficient (Wildman–Crippen LogP) is 2.51. The molecular formula is C23H22N2O5. The minimum Gasteiger partial charge on any atom is -0.481 e. The van der Waals surface area contributed by atoms with Gasteiger partial charge in [0, 0.05) is 12.3 Å². The Morgan fingerprint density at radius 1 is 1.07 bits per heavy atom. The molecule has 0 spiro atoms. The van der Waals surface area contributed by atoms with Gasteiger partial charge in [0.25, 0.3) is 0 Å². The number of terminal acetylenes is 1. The van der Waals surface area contributed by atoms with Gasteiger partial charge in [-0.3, -0.25) is 9.59 Å². The van der Waals surface area contributed by atoms with Gasteiger partial charge in [0.2, 0.25) is 5.91 Å². The molecule has 0 heterocycles. The van der Waals surface area contributed by atoms with Crippen molar-refractivity contribution in [1.29, 1.82) is 0 Å². The maximum atomic E-state index is 12.4. The largest absolute Gasteiger partial charge is 0.481 e. The number of alkyl carbamates (subject to hydrolysis) is 1. The zero-order valence-corrected chi connectivity index (χ0v) is 16.3. The highest BCUT2D eigenvalue weighted by molar-refractivity contribution is 5.86. The highest BCUT2D eigenvalue weighted by Gasteiger charge is 2.29. The minimum absolute atomic E-state index is 0.0191. The zero-order valence-electron chi connectivity index (χ0n) is 16.3. The molecule has 0 saturated carbocycles. The minimum atomic E-state index is -1.07. The smallest absolute Gasteiger partial charge is 0.407 e. The number of carbonyl (C=O) groups excluding carboxylic acids is 2. The van der Waals surface area contributed by atoms with Crippen molar-refractivity contribution < 1.29 is 24.2 Å². The number of nitrogens with one attached hydrogen (secondary N) is 2. The van der Waals surface area contributed by atoms with Gasteiger partial charge in [0.1, 0.15) is 12.6 Å². The fraction of sp³-hybridized carbons (Fsp3) is 0.261. The number of benzene rings is 2. The molecule has 1 atom stereocenters. The number of amides is 2. The number of carboxylic acids is 1. The number of hydrogen-bond donors (Lipinski definition) is 3. The first kappa shape index (κ1) is 20.9. The third kappa shape index (κ3) is 4.78. The van der Waals surface area contributed by atoms with E-state index in [9.17, 15) is 14.4 Å². The lowest BCUT2D eigenvalue weighted by molar-refractivity contribution is -0.137. The molecule has 2 amide bonds. The Morgan fingerprint density at radius 3 is 2.23 bits per heavy atom. The van der Waals surface area contributed by atoms with Crippen LogP contribution in [0.5, 0.6) is 0 Å². The number of hydrogen-bond acceptors (Lipinski definition) is 4. The highest BCUT2D eigenvalue weighted by Crippen LogP contribution is 2.44. The number of aliphatic carboxylic acids is 1. The number of carbonyl (C=O) groups is 3. The van der Waals surface area contributed by atoms with E-state index < -0.39 is 24.0 Å². The van der Waals surface area contributed by atoms with Crippen LogP contribution in [0.3, 0.4) is 0 Å². The van der Waals surface area contributed by atoms with Crippen LogP contribution in [-0.2, 0) is 14.3 Å². The van der Waals surface area contributed by atoms with Gasteiger partial charge in [0.05, 0.1) is 6.54 Å². The molecule has 7 nitrogen and oxygen atoms in total. The summed E-state index contributed by atoms with van der Waals surface area (Å²) in [6, 6.07) is 14.8. The van der Waals surface area contributed by atoms with E-state index in [1.54, 1.807) is 0 Å². The van der Waals surface area contributed by atoms with E-state index in [1.807, 2.05) is 48.5 Å². The lowest BCUT2D eigenvalue weighted by atomic mass is 9.98. The number of fused-ring (bicyclic) bond motifs is 3. The molecule has 2 aromatic rings. The molecule has 3 N–H and O–H groups in total. The van der Waals surface area contributed by atoms with E-state index in [1.165, 1.54) is 0 Å². The molecule has 0 aromatic heterocycles. The van der Waals surface area contributed by atoms with E-state index in [0.717, 1.165) is 22.3 Å². The SMILES string of the molecule is C#CCNC(=O)[C@H](CCC(=O)O)NC(=O)OCC1c2ccccc2-c2ccccc21. The predicted molar refractivity (Wildman–Crippen MR) is 111 cm³/mol. The summed E-state index contributed by atoms with van der Waals surface area (Å²) in [5.74, 6) is 0.522. The van der Waals surface area contributed by atoms with Crippen LogP contribution in [-0.4, -0.2) is 42.3 Å². The van der Waals surface area contributed by atoms with E-state index in [-0.39, 0.29) is 31.9 Å². The second-order valence-corrected chi connectivity index (χ2v) is 6.88. The van der Waals surface area contributed by atoms with Gasteiger partial charge in [-0.2, -0.15) is 0 Å². The summed E-state index contributed by atoms with van der Waals surface area (Å²) < 4.78 is 5.41. The van der Waals surface area contributed by atoms with Crippen LogP contribution in [0.1, 0.15) is 29.9 Å². The summed E-state index contributed by atoms with van der Waals surface area (Å²) in [5, 5.41) is 13.8. The summed E-state index contributed by atoms with van der Waals surface area (Å²) in [5.41, 5.74) is 4.35. The standard InChI is InChI=1S/C23H22N2O5/c1-2-13-24-22(28)20(11-12-21(26)27)25-23(29)30-14-19-17-9-5-3-7-15(17)16-8-4-6-10-18(16)19/h1,3-10,19-20H,11-14H2,(H,24,28)(H,25,29)(H,26,27)/t20-/m0/s1. The average Bonchev–Trinajstić information content (AvgIpc) is 3.07. The topological polar surface area (TPSA) is 105 Å². The lowest BCUT2D eigenvalue weighted by Crippen LogP contribution is -2.47. The monoisotopic (exact) mass is 406 g/mol. The Morgan fingerprint density at radius 2 is 1.67 bits per heavy atom. The molecule has 1 aliphatic carbocycles. The molecule has 0 bridgehead atoms. The first-order valence-corrected chi connectivity index (χ1v) is 9.55. The van der Waals surface area contributed by atoms with Crippen molar-refractivity contribution >= 4 is 18.0 Å². The van der Waals surface area contributed by atoms with Crippen LogP contribution < -0.4 is 10.6 Å². The number of carboxylic acid groups (broad SMARTS) is 1. The molecule has 0 radical (unpaired) electrons. The summed E-state index contributed by atoms with van der Waals surface area (Å²) >= 11 is 0. The molecule has 0 unspecified atom stereocenters. The zero-order chi connectivity index (χ0) is 21.5. The molecule has 0 aliphatic heterocycles. The first-order chi connectivity index (χ1) is 14.5. The van der Waals surface area contributed by atoms with Crippen molar-refractivity contribution in [1.82, 2.24) is 10.6 Å². The third-order valence-electron chi connectivity index (χ3n) is 4.96. The van der Waals surface area contributed by atoms with Crippen LogP contribution in [0.15, 0.2) is 48.5 Å². The molecule has 7 heteroatoms. The number of rotatable bonds is 8. The van der Waals surface area contributed by atoms with Crippen molar-refractivity contribution in [2.24, 2.45) is 0 Å². The molecule has 0 fully saturated rings. The Labute approximate surface area is 174 Å². The normalized spacial score (nSPS) is 12.8. The molecular weight excluding hydrogens is 384 g/mol. The van der Waals surface area contributed by atoms with E-state index >= 15 is 0 Å². The van der Waals surface area contributed by atoms with E-state index in [4.69, 9.17) is 16.3 Å². The van der Waals surface area contributed by atoms with Crippen LogP contribution in [0.2, 0.25) is 0 Å². The van der Waals surface area contributed by atoms with Crippen LogP contribution in [0.25, 0.3) is 11.1 Å². The van der Waals surface area contributed by atoms with Gasteiger partial charge in [0.15, 0.2) is 0 Å². The highest BCUT2D eigenvalue weighted by atomic mass is 16.5. The third-order valence-corrected chi connectivity index (χ3v) is 4.96. The number of ether oxygens (including phenoxy) is 1. The molecule has 2 aromatic carbocycles. The van der Waals surface area contributed by atoms with Crippen molar-refractivity contribution in [3.63, 3.8) is 0 Å². The second-order valence-electron chi connectivity index (χ2n) is 6.88. The Balaban J connectivity index is 1.66. The van der Waals surface area contributed by atoms with Gasteiger partial charge in [-0.05, 0) is 28.7 Å². The lowest BCUT2D eigenvalue weighted by Gasteiger charge is -2.19. The van der Waals surface area contributed by atoms with Gasteiger partial charge >= 0.3 is 12.1 Å². The molecule has 30 heavy (non-hydrogen) atoms. The summed E-state index contributed by atoms with van der Waals surface area (Å²) in [7, 11) is 0. The second kappa shape index (κ2) is 9.61. The average molecular weight is 406 g/mol. The van der Waals surface area contributed by atoms with Crippen LogP contribution in [0, 0.1) is 12.3 Å². The Bertz CT molecular complexity index is 950. The fourth-order valence-corrected chi connectivity index (χ4v) is 3.58. The first-order valence-electron chi connectivity index (χ1n) is 9.55. The molecule has 3 rings (SSSR count). The fourth-order valence-electron chi connectivity index (χ4n) is 3.58. The molecule has 1 aliphatic rings. The van der Waals surface area contributed by atoms with Crippen molar-refractivity contribution in [3.05, 3.63) is 59.7 Å². The summed E-state index contributed by atoms with van der Waals surface area (Å²) in [6.07, 6.45) is 3.98. The maximum absolute atomic E-state index is 12.4. The van der Waals surface area contributed by atoms with Crippen molar-refractivity contribution in [2.45, 2.75) is 24.8 Å². The van der Waals surface area contributed by atoms with Gasteiger partial charge in [-0.1, -0.05) is 54.5 Å². The molecule has 0 saturated heterocycles. The Hall–Kier alpha value is -3.79. The van der Waals surface area contributed by atoms with Gasteiger partial charge in [-0.15, -0.1) is 6.42 Å². The Kier molecular flexibility index (Phi) is 6.71. The van der Waals surface area contributed by atoms with Gasteiger partial charge in [-0.25, -0.2) is 4.79 Å². The van der Waals surface area contributed by atoms with Crippen LogP contribution in [0.4, 0.5) is 4.79 Å². The van der Waals surface area contributed by atoms with E-state index in [2.05, 4.69) is 16.6 Å². The van der Waals surface area contributed by atoms with Crippen molar-refractivity contribution in [3.8, 4) is 23.5 Å². The maximum Gasteiger partial charge on any atom is 0.407 e. The van der Waals surface area contributed by atoms with Gasteiger partial charge < -0.3 is 20.5 Å². The van der Waals surface area contributed by atoms with E-state index in [0.29, 0.717) is 0 Å². The molecule has 154 valence electrons. The summed E-state index contributed by atoms with van der Waals surface area (Å²) in [4.78, 5) is 35.4. The van der Waals surface area contributed by atoms with Crippen molar-refractivity contribution in [2.75, 3.05) is 13.2 Å². The summed E-state index contributed by atoms with van der Waals surface area (Å²) in [6.45, 7) is 0.0757.